The van der Waals surface area contributed by atoms with Gasteiger partial charge in [0.05, 0.1) is 6.54 Å². The number of aryl methyl sites for hydroxylation is 1. The number of rotatable bonds is 5. The first-order valence-electron chi connectivity index (χ1n) is 6.83. The largest absolute Gasteiger partial charge is 0.464 e. The molecule has 1 atom stereocenters. The van der Waals surface area contributed by atoms with Crippen LogP contribution in [0.1, 0.15) is 31.3 Å². The van der Waals surface area contributed by atoms with Crippen LogP contribution in [0.2, 0.25) is 0 Å². The normalized spacial score (nSPS) is 19.1. The van der Waals surface area contributed by atoms with E-state index in [1.54, 1.807) is 6.92 Å². The van der Waals surface area contributed by atoms with Crippen LogP contribution in [0.25, 0.3) is 0 Å². The van der Waals surface area contributed by atoms with Gasteiger partial charge < -0.3 is 14.9 Å². The maximum absolute atomic E-state index is 12.4. The zero-order valence-corrected chi connectivity index (χ0v) is 12.7. The molecule has 1 aliphatic heterocycles. The summed E-state index contributed by atoms with van der Waals surface area (Å²) in [5, 5.41) is 0. The topological polar surface area (TPSA) is 94.6 Å². The van der Waals surface area contributed by atoms with Gasteiger partial charge in [0.1, 0.15) is 16.4 Å². The van der Waals surface area contributed by atoms with Crippen LogP contribution in [-0.2, 0) is 21.3 Å². The first-order valence-corrected chi connectivity index (χ1v) is 8.32. The van der Waals surface area contributed by atoms with Crippen molar-refractivity contribution >= 4 is 10.0 Å². The molecule has 0 amide bonds. The van der Waals surface area contributed by atoms with Crippen LogP contribution >= 0.6 is 0 Å². The van der Waals surface area contributed by atoms with Crippen LogP contribution < -0.4 is 10.5 Å². The van der Waals surface area contributed by atoms with Crippen molar-refractivity contribution < 1.29 is 17.6 Å². The number of ether oxygens (including phenoxy) is 1. The average Bonchev–Trinajstić information content (AvgIpc) is 2.81. The molecule has 0 radical (unpaired) electrons. The van der Waals surface area contributed by atoms with E-state index in [4.69, 9.17) is 14.9 Å². The fraction of sp³-hybridized carbons (Fsp3) is 0.692. The van der Waals surface area contributed by atoms with Gasteiger partial charge in [0, 0.05) is 25.3 Å². The highest BCUT2D eigenvalue weighted by Crippen LogP contribution is 2.23. The predicted octanol–water partition coefficient (Wildman–Crippen LogP) is 1.14. The second kappa shape index (κ2) is 6.26. The van der Waals surface area contributed by atoms with E-state index >= 15 is 0 Å². The molecule has 1 aromatic rings. The molecule has 0 aliphatic carbocycles. The van der Waals surface area contributed by atoms with Gasteiger partial charge in [0.2, 0.25) is 10.0 Å². The molecule has 6 nitrogen and oxygen atoms in total. The number of hydrogen-bond donors (Lipinski definition) is 2. The minimum atomic E-state index is -3.57. The van der Waals surface area contributed by atoms with Crippen molar-refractivity contribution in [3.63, 3.8) is 0 Å². The maximum Gasteiger partial charge on any atom is 0.244 e. The number of hydrogen-bond acceptors (Lipinski definition) is 5. The van der Waals surface area contributed by atoms with Gasteiger partial charge in [-0.15, -0.1) is 0 Å². The van der Waals surface area contributed by atoms with Crippen molar-refractivity contribution in [3.8, 4) is 0 Å². The van der Waals surface area contributed by atoms with E-state index in [1.807, 2.05) is 6.92 Å². The molecule has 0 bridgehead atoms. The first kappa shape index (κ1) is 15.5. The first-order chi connectivity index (χ1) is 9.44. The average molecular weight is 302 g/mol. The zero-order chi connectivity index (χ0) is 14.8. The molecule has 2 heterocycles. The molecular weight excluding hydrogens is 280 g/mol. The summed E-state index contributed by atoms with van der Waals surface area (Å²) >= 11 is 0. The smallest absolute Gasteiger partial charge is 0.244 e. The predicted molar refractivity (Wildman–Crippen MR) is 74.7 cm³/mol. The third kappa shape index (κ3) is 3.41. The minimum absolute atomic E-state index is 0.125. The highest BCUT2D eigenvalue weighted by Gasteiger charge is 2.27. The highest BCUT2D eigenvalue weighted by molar-refractivity contribution is 7.89. The molecule has 3 N–H and O–H groups in total. The van der Waals surface area contributed by atoms with Gasteiger partial charge in [-0.05, 0) is 32.6 Å². The second-order valence-corrected chi connectivity index (χ2v) is 6.88. The zero-order valence-electron chi connectivity index (χ0n) is 11.9. The molecule has 7 heteroatoms. The summed E-state index contributed by atoms with van der Waals surface area (Å²) in [6, 6.07) is 1.37. The molecular formula is C13H22N2O4S. The fourth-order valence-electron chi connectivity index (χ4n) is 2.51. The van der Waals surface area contributed by atoms with Crippen LogP contribution in [0.15, 0.2) is 15.4 Å². The fourth-order valence-corrected chi connectivity index (χ4v) is 4.03. The van der Waals surface area contributed by atoms with Crippen LogP contribution in [0.5, 0.6) is 0 Å². The lowest BCUT2D eigenvalue weighted by Gasteiger charge is -2.28. The van der Waals surface area contributed by atoms with Crippen molar-refractivity contribution in [3.05, 3.63) is 17.6 Å². The monoisotopic (exact) mass is 302 g/mol. The van der Waals surface area contributed by atoms with Gasteiger partial charge in [-0.3, -0.25) is 0 Å². The van der Waals surface area contributed by atoms with Crippen molar-refractivity contribution in [2.75, 3.05) is 13.2 Å². The van der Waals surface area contributed by atoms with E-state index in [0.29, 0.717) is 30.7 Å². The molecule has 1 aromatic heterocycles. The van der Waals surface area contributed by atoms with E-state index in [2.05, 4.69) is 4.72 Å². The SMILES string of the molecule is Cc1oc(CN)cc1S(=O)(=O)NC(C)C1CCOCC1. The Morgan fingerprint density at radius 1 is 1.45 bits per heavy atom. The number of sulfonamides is 1. The molecule has 20 heavy (non-hydrogen) atoms. The molecule has 1 aliphatic rings. The minimum Gasteiger partial charge on any atom is -0.464 e. The Hall–Kier alpha value is -0.890. The van der Waals surface area contributed by atoms with E-state index in [1.165, 1.54) is 6.07 Å². The third-order valence-electron chi connectivity index (χ3n) is 3.73. The summed E-state index contributed by atoms with van der Waals surface area (Å²) in [5.74, 6) is 1.15. The summed E-state index contributed by atoms with van der Waals surface area (Å²) in [7, 11) is -3.57. The number of furan rings is 1. The van der Waals surface area contributed by atoms with Gasteiger partial charge in [0.25, 0.3) is 0 Å². The Labute approximate surface area is 119 Å². The number of nitrogens with two attached hydrogens (primary N) is 1. The summed E-state index contributed by atoms with van der Waals surface area (Å²) in [6.07, 6.45) is 1.75. The van der Waals surface area contributed by atoms with Gasteiger partial charge in [-0.25, -0.2) is 13.1 Å². The quantitative estimate of drug-likeness (QED) is 0.850. The van der Waals surface area contributed by atoms with Crippen LogP contribution in [0.4, 0.5) is 0 Å². The molecule has 1 unspecified atom stereocenters. The highest BCUT2D eigenvalue weighted by atomic mass is 32.2. The standard InChI is InChI=1S/C13H22N2O4S/c1-9(11-3-5-18-6-4-11)15-20(16,17)13-7-12(8-14)19-10(13)2/h7,9,11,15H,3-6,8,14H2,1-2H3. The summed E-state index contributed by atoms with van der Waals surface area (Å²) in [5.41, 5.74) is 5.47. The van der Waals surface area contributed by atoms with Gasteiger partial charge in [0.15, 0.2) is 0 Å². The van der Waals surface area contributed by atoms with Gasteiger partial charge in [-0.1, -0.05) is 0 Å². The van der Waals surface area contributed by atoms with E-state index in [-0.39, 0.29) is 17.5 Å². The van der Waals surface area contributed by atoms with Crippen LogP contribution in [0.3, 0.4) is 0 Å². The summed E-state index contributed by atoms with van der Waals surface area (Å²) in [6.45, 7) is 5.10. The molecule has 1 saturated heterocycles. The lowest BCUT2D eigenvalue weighted by molar-refractivity contribution is 0.0585. The Balaban J connectivity index is 2.11. The molecule has 2 rings (SSSR count). The van der Waals surface area contributed by atoms with E-state index < -0.39 is 10.0 Å². The Morgan fingerprint density at radius 2 is 2.10 bits per heavy atom. The lowest BCUT2D eigenvalue weighted by atomic mass is 9.94. The van der Waals surface area contributed by atoms with Crippen molar-refractivity contribution in [2.45, 2.75) is 44.2 Å². The molecule has 0 aromatic carbocycles. The number of nitrogens with one attached hydrogen (secondary N) is 1. The second-order valence-electron chi connectivity index (χ2n) is 5.20. The van der Waals surface area contributed by atoms with Gasteiger partial charge in [-0.2, -0.15) is 0 Å². The van der Waals surface area contributed by atoms with Crippen molar-refractivity contribution in [1.82, 2.24) is 4.72 Å². The van der Waals surface area contributed by atoms with Crippen LogP contribution in [-0.4, -0.2) is 27.7 Å². The van der Waals surface area contributed by atoms with Crippen molar-refractivity contribution in [1.29, 1.82) is 0 Å². The van der Waals surface area contributed by atoms with E-state index in [0.717, 1.165) is 12.8 Å². The lowest BCUT2D eigenvalue weighted by Crippen LogP contribution is -2.40. The third-order valence-corrected chi connectivity index (χ3v) is 5.39. The molecule has 0 saturated carbocycles. The Bertz CT molecular complexity index is 547. The summed E-state index contributed by atoms with van der Waals surface area (Å²) < 4.78 is 38.1. The molecule has 1 fully saturated rings. The van der Waals surface area contributed by atoms with Gasteiger partial charge >= 0.3 is 0 Å². The van der Waals surface area contributed by atoms with Crippen LogP contribution in [0, 0.1) is 12.8 Å². The van der Waals surface area contributed by atoms with Crippen molar-refractivity contribution in [2.24, 2.45) is 11.7 Å². The Morgan fingerprint density at radius 3 is 2.65 bits per heavy atom. The van der Waals surface area contributed by atoms with E-state index in [9.17, 15) is 8.42 Å². The maximum atomic E-state index is 12.4. The Kier molecular flexibility index (Phi) is 4.85. The molecule has 114 valence electrons. The summed E-state index contributed by atoms with van der Waals surface area (Å²) in [4.78, 5) is 0.178. The molecule has 0 spiro atoms.